The number of hydrogen-bond acceptors (Lipinski definition) is 2. The number of halogens is 2. The molecule has 5 heteroatoms. The Hall–Kier alpha value is -1.16. The van der Waals surface area contributed by atoms with Gasteiger partial charge in [0.05, 0.1) is 16.3 Å². The molecule has 1 aliphatic rings. The number of amides is 1. The monoisotopic (exact) mass is 323 g/mol. The number of carbonyl (C=O) groups excluding carboxylic acids is 1. The number of carbonyl (C=O) groups is 1. The van der Waals surface area contributed by atoms with E-state index >= 15 is 0 Å². The van der Waals surface area contributed by atoms with Crippen molar-refractivity contribution in [3.63, 3.8) is 0 Å². The summed E-state index contributed by atoms with van der Waals surface area (Å²) in [5.41, 5.74) is 1.38. The van der Waals surface area contributed by atoms with Crippen molar-refractivity contribution >= 4 is 46.6 Å². The third-order valence-electron chi connectivity index (χ3n) is 3.13. The van der Waals surface area contributed by atoms with Crippen LogP contribution in [0, 0.1) is 0 Å². The fourth-order valence-electron chi connectivity index (χ4n) is 2.18. The molecule has 0 aromatic heterocycles. The summed E-state index contributed by atoms with van der Waals surface area (Å²) in [7, 11) is 0. The maximum atomic E-state index is 12.7. The number of rotatable bonds is 1. The van der Waals surface area contributed by atoms with Gasteiger partial charge in [0.1, 0.15) is 0 Å². The van der Waals surface area contributed by atoms with Gasteiger partial charge in [-0.1, -0.05) is 35.3 Å². The smallest absolute Gasteiger partial charge is 0.259 e. The molecular weight excluding hydrogens is 313 g/mol. The first-order valence-corrected chi connectivity index (χ1v) is 7.90. The van der Waals surface area contributed by atoms with Crippen molar-refractivity contribution in [1.29, 1.82) is 0 Å². The van der Waals surface area contributed by atoms with Crippen LogP contribution in [-0.4, -0.2) is 18.2 Å². The van der Waals surface area contributed by atoms with Crippen LogP contribution in [-0.2, 0) is 0 Å². The highest BCUT2D eigenvalue weighted by atomic mass is 35.5. The lowest BCUT2D eigenvalue weighted by atomic mass is 10.1. The van der Waals surface area contributed by atoms with Crippen LogP contribution < -0.4 is 4.90 Å². The Labute approximate surface area is 131 Å². The minimum Gasteiger partial charge on any atom is -0.306 e. The van der Waals surface area contributed by atoms with Crippen LogP contribution in [0.3, 0.4) is 0 Å². The molecule has 1 aliphatic heterocycles. The van der Waals surface area contributed by atoms with E-state index in [-0.39, 0.29) is 5.91 Å². The number of benzene rings is 2. The van der Waals surface area contributed by atoms with E-state index in [4.69, 9.17) is 23.2 Å². The topological polar surface area (TPSA) is 20.3 Å². The molecule has 2 aromatic carbocycles. The SMILES string of the molecule is O=C(c1ccccc1Cl)N1CCSc2ccc(Cl)cc21. The van der Waals surface area contributed by atoms with Gasteiger partial charge in [0.2, 0.25) is 0 Å². The molecule has 1 heterocycles. The first-order valence-electron chi connectivity index (χ1n) is 6.15. The van der Waals surface area contributed by atoms with Gasteiger partial charge in [0.25, 0.3) is 5.91 Å². The van der Waals surface area contributed by atoms with Crippen molar-refractivity contribution in [2.75, 3.05) is 17.2 Å². The zero-order chi connectivity index (χ0) is 14.1. The van der Waals surface area contributed by atoms with E-state index in [1.54, 1.807) is 28.8 Å². The summed E-state index contributed by atoms with van der Waals surface area (Å²) in [4.78, 5) is 15.5. The summed E-state index contributed by atoms with van der Waals surface area (Å²) in [5, 5.41) is 1.10. The van der Waals surface area contributed by atoms with Crippen molar-refractivity contribution in [3.05, 3.63) is 58.1 Å². The quantitative estimate of drug-likeness (QED) is 0.755. The standard InChI is InChI=1S/C15H11Cl2NOS/c16-10-5-6-14-13(9-10)18(7-8-20-14)15(19)11-3-1-2-4-12(11)17/h1-6,9H,7-8H2. The molecule has 0 spiro atoms. The molecule has 0 bridgehead atoms. The number of thioether (sulfide) groups is 1. The molecule has 0 aliphatic carbocycles. The second-order valence-electron chi connectivity index (χ2n) is 4.40. The molecule has 20 heavy (non-hydrogen) atoms. The molecule has 2 nitrogen and oxygen atoms in total. The molecule has 0 saturated carbocycles. The molecule has 0 saturated heterocycles. The molecule has 0 radical (unpaired) electrons. The van der Waals surface area contributed by atoms with Gasteiger partial charge in [-0.05, 0) is 30.3 Å². The number of anilines is 1. The average molecular weight is 324 g/mol. The largest absolute Gasteiger partial charge is 0.306 e. The van der Waals surface area contributed by atoms with Gasteiger partial charge in [0, 0.05) is 22.2 Å². The molecule has 1 amide bonds. The minimum atomic E-state index is -0.0839. The summed E-state index contributed by atoms with van der Waals surface area (Å²) in [6.07, 6.45) is 0. The summed E-state index contributed by atoms with van der Waals surface area (Å²) in [5.74, 6) is 0.782. The second kappa shape index (κ2) is 5.68. The molecule has 2 aromatic rings. The first-order chi connectivity index (χ1) is 9.66. The fraction of sp³-hybridized carbons (Fsp3) is 0.133. The van der Waals surface area contributed by atoms with Crippen LogP contribution in [0.15, 0.2) is 47.4 Å². The van der Waals surface area contributed by atoms with Crippen molar-refractivity contribution < 1.29 is 4.79 Å². The summed E-state index contributed by atoms with van der Waals surface area (Å²) in [6, 6.07) is 12.7. The van der Waals surface area contributed by atoms with E-state index in [0.29, 0.717) is 22.2 Å². The Morgan fingerprint density at radius 1 is 1.15 bits per heavy atom. The third kappa shape index (κ3) is 2.53. The molecule has 3 rings (SSSR count). The van der Waals surface area contributed by atoms with Crippen molar-refractivity contribution in [2.45, 2.75) is 4.90 Å². The van der Waals surface area contributed by atoms with Gasteiger partial charge >= 0.3 is 0 Å². The molecule has 0 unspecified atom stereocenters. The van der Waals surface area contributed by atoms with Crippen LogP contribution in [0.5, 0.6) is 0 Å². The molecule has 0 atom stereocenters. The highest BCUT2D eigenvalue weighted by Gasteiger charge is 2.25. The highest BCUT2D eigenvalue weighted by molar-refractivity contribution is 7.99. The normalized spacial score (nSPS) is 14.0. The first kappa shape index (κ1) is 13.8. The Morgan fingerprint density at radius 2 is 1.95 bits per heavy atom. The van der Waals surface area contributed by atoms with Crippen LogP contribution in [0.25, 0.3) is 0 Å². The van der Waals surface area contributed by atoms with Gasteiger partial charge in [-0.2, -0.15) is 0 Å². The number of hydrogen-bond donors (Lipinski definition) is 0. The Balaban J connectivity index is 2.03. The van der Waals surface area contributed by atoms with Crippen molar-refractivity contribution in [1.82, 2.24) is 0 Å². The van der Waals surface area contributed by atoms with E-state index in [1.807, 2.05) is 30.3 Å². The maximum absolute atomic E-state index is 12.7. The molecular formula is C15H11Cl2NOS. The minimum absolute atomic E-state index is 0.0839. The van der Waals surface area contributed by atoms with Crippen LogP contribution in [0.2, 0.25) is 10.0 Å². The fourth-order valence-corrected chi connectivity index (χ4v) is 3.54. The maximum Gasteiger partial charge on any atom is 0.259 e. The van der Waals surface area contributed by atoms with Crippen LogP contribution in [0.1, 0.15) is 10.4 Å². The van der Waals surface area contributed by atoms with E-state index < -0.39 is 0 Å². The lowest BCUT2D eigenvalue weighted by molar-refractivity contribution is 0.0988. The zero-order valence-electron chi connectivity index (χ0n) is 10.5. The number of nitrogens with zero attached hydrogens (tertiary/aromatic N) is 1. The summed E-state index contributed by atoms with van der Waals surface area (Å²) >= 11 is 13.9. The van der Waals surface area contributed by atoms with E-state index in [1.165, 1.54) is 0 Å². The Bertz CT molecular complexity index is 675. The van der Waals surface area contributed by atoms with E-state index in [2.05, 4.69) is 0 Å². The van der Waals surface area contributed by atoms with Crippen molar-refractivity contribution in [2.24, 2.45) is 0 Å². The molecule has 0 N–H and O–H groups in total. The summed E-state index contributed by atoms with van der Waals surface area (Å²) < 4.78 is 0. The van der Waals surface area contributed by atoms with Crippen LogP contribution in [0.4, 0.5) is 5.69 Å². The number of fused-ring (bicyclic) bond motifs is 1. The van der Waals surface area contributed by atoms with Crippen LogP contribution >= 0.6 is 35.0 Å². The van der Waals surface area contributed by atoms with Gasteiger partial charge in [-0.3, -0.25) is 4.79 Å². The Kier molecular flexibility index (Phi) is 3.92. The van der Waals surface area contributed by atoms with E-state index in [9.17, 15) is 4.79 Å². The van der Waals surface area contributed by atoms with E-state index in [0.717, 1.165) is 16.3 Å². The van der Waals surface area contributed by atoms with Gasteiger partial charge in [0.15, 0.2) is 0 Å². The molecule has 0 fully saturated rings. The Morgan fingerprint density at radius 3 is 2.75 bits per heavy atom. The highest BCUT2D eigenvalue weighted by Crippen LogP contribution is 2.37. The average Bonchev–Trinajstić information content (AvgIpc) is 2.46. The third-order valence-corrected chi connectivity index (χ3v) is 4.74. The molecule has 102 valence electrons. The van der Waals surface area contributed by atoms with Gasteiger partial charge < -0.3 is 4.90 Å². The van der Waals surface area contributed by atoms with Crippen molar-refractivity contribution in [3.8, 4) is 0 Å². The second-order valence-corrected chi connectivity index (χ2v) is 6.38. The van der Waals surface area contributed by atoms with Gasteiger partial charge in [-0.25, -0.2) is 0 Å². The lowest BCUT2D eigenvalue weighted by Gasteiger charge is -2.29. The predicted octanol–water partition coefficient (Wildman–Crippen LogP) is 4.75. The summed E-state index contributed by atoms with van der Waals surface area (Å²) in [6.45, 7) is 0.655. The predicted molar refractivity (Wildman–Crippen MR) is 85.3 cm³/mol. The van der Waals surface area contributed by atoms with Gasteiger partial charge in [-0.15, -0.1) is 11.8 Å². The zero-order valence-corrected chi connectivity index (χ0v) is 12.8. The lowest BCUT2D eigenvalue weighted by Crippen LogP contribution is -2.35.